The summed E-state index contributed by atoms with van der Waals surface area (Å²) in [6.07, 6.45) is 0.146. The number of nitrogens with one attached hydrogen (secondary N) is 1. The molecule has 0 radical (unpaired) electrons. The maximum Gasteiger partial charge on any atom is 0.304 e. The Morgan fingerprint density at radius 3 is 2.69 bits per heavy atom. The molecule has 0 bridgehead atoms. The first kappa shape index (κ1) is 12.8. The highest BCUT2D eigenvalue weighted by Gasteiger charge is 2.23. The first-order valence-electron chi connectivity index (χ1n) is 5.41. The van der Waals surface area contributed by atoms with Gasteiger partial charge in [-0.3, -0.25) is 4.79 Å². The quantitative estimate of drug-likeness (QED) is 0.726. The molecule has 0 aliphatic carbocycles. The predicted molar refractivity (Wildman–Crippen MR) is 61.6 cm³/mol. The Balaban J connectivity index is 2.43. The minimum absolute atomic E-state index is 0.118. The van der Waals surface area contributed by atoms with Crippen molar-refractivity contribution < 1.29 is 14.3 Å². The van der Waals surface area contributed by atoms with Gasteiger partial charge in [0.05, 0.1) is 6.42 Å². The van der Waals surface area contributed by atoms with Crippen LogP contribution < -0.4 is 5.32 Å². The first-order chi connectivity index (χ1) is 7.42. The van der Waals surface area contributed by atoms with Crippen molar-refractivity contribution >= 4 is 5.97 Å². The molecule has 0 aliphatic heterocycles. The molecule has 0 spiro atoms. The van der Waals surface area contributed by atoms with Crippen LogP contribution in [0.5, 0.6) is 0 Å². The third kappa shape index (κ3) is 3.70. The van der Waals surface area contributed by atoms with Crippen LogP contribution in [-0.2, 0) is 10.2 Å². The molecule has 90 valence electrons. The number of carboxylic acids is 1. The maximum absolute atomic E-state index is 10.3. The van der Waals surface area contributed by atoms with Gasteiger partial charge in [-0.15, -0.1) is 0 Å². The molecule has 4 nitrogen and oxygen atoms in total. The number of aliphatic carboxylic acids is 1. The summed E-state index contributed by atoms with van der Waals surface area (Å²) in [5.41, 5.74) is -0.118. The van der Waals surface area contributed by atoms with Crippen molar-refractivity contribution in [2.45, 2.75) is 32.6 Å². The molecule has 1 aromatic rings. The largest absolute Gasteiger partial charge is 0.481 e. The summed E-state index contributed by atoms with van der Waals surface area (Å²) < 4.78 is 5.57. The zero-order chi connectivity index (χ0) is 12.2. The highest BCUT2D eigenvalue weighted by Crippen LogP contribution is 2.24. The second kappa shape index (κ2) is 5.16. The van der Waals surface area contributed by atoms with E-state index in [-0.39, 0.29) is 11.8 Å². The Labute approximate surface area is 95.7 Å². The molecule has 0 aliphatic rings. The number of hydrogen-bond acceptors (Lipinski definition) is 3. The van der Waals surface area contributed by atoms with Crippen LogP contribution in [0.3, 0.4) is 0 Å². The van der Waals surface area contributed by atoms with E-state index in [1.54, 1.807) is 0 Å². The van der Waals surface area contributed by atoms with E-state index >= 15 is 0 Å². The van der Waals surface area contributed by atoms with E-state index in [0.717, 1.165) is 11.5 Å². The van der Waals surface area contributed by atoms with E-state index in [1.807, 2.05) is 19.1 Å². The predicted octanol–water partition coefficient (Wildman–Crippen LogP) is 1.93. The first-order valence-corrected chi connectivity index (χ1v) is 5.41. The SMILES string of the molecule is Cc1ccc(C(C)(C)CNCCC(=O)O)o1. The topological polar surface area (TPSA) is 62.5 Å². The molecule has 1 heterocycles. The number of carboxylic acid groups (broad SMARTS) is 1. The number of rotatable bonds is 6. The minimum atomic E-state index is -0.779. The Morgan fingerprint density at radius 2 is 2.19 bits per heavy atom. The average Bonchev–Trinajstić information content (AvgIpc) is 2.60. The molecule has 1 aromatic heterocycles. The van der Waals surface area contributed by atoms with E-state index in [0.29, 0.717) is 13.1 Å². The van der Waals surface area contributed by atoms with Gasteiger partial charge in [0.1, 0.15) is 11.5 Å². The molecule has 4 heteroatoms. The van der Waals surface area contributed by atoms with E-state index in [4.69, 9.17) is 9.52 Å². The van der Waals surface area contributed by atoms with Gasteiger partial charge in [0.25, 0.3) is 0 Å². The van der Waals surface area contributed by atoms with Gasteiger partial charge in [0.2, 0.25) is 0 Å². The van der Waals surface area contributed by atoms with Crippen LogP contribution in [0, 0.1) is 6.92 Å². The normalized spacial score (nSPS) is 11.7. The molecule has 0 fully saturated rings. The fraction of sp³-hybridized carbons (Fsp3) is 0.583. The zero-order valence-electron chi connectivity index (χ0n) is 10.0. The lowest BCUT2D eigenvalue weighted by molar-refractivity contribution is -0.136. The summed E-state index contributed by atoms with van der Waals surface area (Å²) in [7, 11) is 0. The van der Waals surface area contributed by atoms with Crippen molar-refractivity contribution in [3.05, 3.63) is 23.7 Å². The van der Waals surface area contributed by atoms with Crippen molar-refractivity contribution in [3.8, 4) is 0 Å². The molecular formula is C12H19NO3. The molecule has 0 amide bonds. The summed E-state index contributed by atoms with van der Waals surface area (Å²) in [4.78, 5) is 10.3. The summed E-state index contributed by atoms with van der Waals surface area (Å²) in [5, 5.41) is 11.6. The number of hydrogen-bond donors (Lipinski definition) is 2. The van der Waals surface area contributed by atoms with E-state index in [9.17, 15) is 4.79 Å². The van der Waals surface area contributed by atoms with Gasteiger partial charge < -0.3 is 14.8 Å². The van der Waals surface area contributed by atoms with Crippen molar-refractivity contribution in [1.82, 2.24) is 5.32 Å². The third-order valence-corrected chi connectivity index (χ3v) is 2.49. The van der Waals surface area contributed by atoms with Crippen LogP contribution in [0.1, 0.15) is 31.8 Å². The fourth-order valence-electron chi connectivity index (χ4n) is 1.48. The van der Waals surface area contributed by atoms with Crippen molar-refractivity contribution in [2.75, 3.05) is 13.1 Å². The Hall–Kier alpha value is -1.29. The summed E-state index contributed by atoms with van der Waals surface area (Å²) in [5.74, 6) is 1.04. The van der Waals surface area contributed by atoms with Gasteiger partial charge in [0.15, 0.2) is 0 Å². The molecule has 0 saturated carbocycles. The van der Waals surface area contributed by atoms with Crippen molar-refractivity contribution in [2.24, 2.45) is 0 Å². The Morgan fingerprint density at radius 1 is 1.50 bits per heavy atom. The monoisotopic (exact) mass is 225 g/mol. The molecule has 16 heavy (non-hydrogen) atoms. The molecule has 0 aromatic carbocycles. The van der Waals surface area contributed by atoms with Crippen LogP contribution >= 0.6 is 0 Å². The second-order valence-electron chi connectivity index (χ2n) is 4.61. The zero-order valence-corrected chi connectivity index (χ0v) is 10.0. The summed E-state index contributed by atoms with van der Waals surface area (Å²) in [6, 6.07) is 3.91. The van der Waals surface area contributed by atoms with Crippen molar-refractivity contribution in [1.29, 1.82) is 0 Å². The lowest BCUT2D eigenvalue weighted by Crippen LogP contribution is -2.33. The number of carbonyl (C=O) groups is 1. The van der Waals surface area contributed by atoms with Crippen molar-refractivity contribution in [3.63, 3.8) is 0 Å². The Kier molecular flexibility index (Phi) is 4.12. The van der Waals surface area contributed by atoms with Crippen LogP contribution in [0.25, 0.3) is 0 Å². The summed E-state index contributed by atoms with van der Waals surface area (Å²) in [6.45, 7) is 7.24. The number of furan rings is 1. The molecule has 1 rings (SSSR count). The van der Waals surface area contributed by atoms with E-state index in [2.05, 4.69) is 19.2 Å². The van der Waals surface area contributed by atoms with Gasteiger partial charge in [-0.05, 0) is 19.1 Å². The average molecular weight is 225 g/mol. The number of aryl methyl sites for hydroxylation is 1. The minimum Gasteiger partial charge on any atom is -0.481 e. The van der Waals surface area contributed by atoms with Gasteiger partial charge >= 0.3 is 5.97 Å². The molecule has 2 N–H and O–H groups in total. The molecular weight excluding hydrogens is 206 g/mol. The fourth-order valence-corrected chi connectivity index (χ4v) is 1.48. The highest BCUT2D eigenvalue weighted by molar-refractivity contribution is 5.66. The second-order valence-corrected chi connectivity index (χ2v) is 4.61. The van der Waals surface area contributed by atoms with Crippen LogP contribution in [0.15, 0.2) is 16.5 Å². The smallest absolute Gasteiger partial charge is 0.304 e. The standard InChI is InChI=1S/C12H19NO3/c1-9-4-5-10(16-9)12(2,3)8-13-7-6-11(14)15/h4-5,13H,6-8H2,1-3H3,(H,14,15). The molecule has 0 saturated heterocycles. The highest BCUT2D eigenvalue weighted by atomic mass is 16.4. The maximum atomic E-state index is 10.3. The van der Waals surface area contributed by atoms with Gasteiger partial charge in [-0.25, -0.2) is 0 Å². The van der Waals surface area contributed by atoms with E-state index < -0.39 is 5.97 Å². The molecule has 0 atom stereocenters. The van der Waals surface area contributed by atoms with Crippen LogP contribution in [-0.4, -0.2) is 24.2 Å². The van der Waals surface area contributed by atoms with Gasteiger partial charge in [-0.2, -0.15) is 0 Å². The lowest BCUT2D eigenvalue weighted by atomic mass is 9.90. The van der Waals surface area contributed by atoms with Gasteiger partial charge in [-0.1, -0.05) is 13.8 Å². The third-order valence-electron chi connectivity index (χ3n) is 2.49. The van der Waals surface area contributed by atoms with Crippen LogP contribution in [0.4, 0.5) is 0 Å². The molecule has 0 unspecified atom stereocenters. The van der Waals surface area contributed by atoms with Crippen LogP contribution in [0.2, 0.25) is 0 Å². The summed E-state index contributed by atoms with van der Waals surface area (Å²) >= 11 is 0. The van der Waals surface area contributed by atoms with Gasteiger partial charge in [0, 0.05) is 18.5 Å². The lowest BCUT2D eigenvalue weighted by Gasteiger charge is -2.22. The Bertz CT molecular complexity index is 355. The van der Waals surface area contributed by atoms with E-state index in [1.165, 1.54) is 0 Å².